The zero-order valence-corrected chi connectivity index (χ0v) is 12.9. The summed E-state index contributed by atoms with van der Waals surface area (Å²) in [5.41, 5.74) is 0.172. The summed E-state index contributed by atoms with van der Waals surface area (Å²) >= 11 is 3.30. The molecule has 1 heterocycles. The highest BCUT2D eigenvalue weighted by atomic mass is 79.9. The molecule has 5 nitrogen and oxygen atoms in total. The summed E-state index contributed by atoms with van der Waals surface area (Å²) in [6.45, 7) is 8.09. The fourth-order valence-corrected chi connectivity index (χ4v) is 2.11. The molecule has 0 aliphatic rings. The highest BCUT2D eigenvalue weighted by Gasteiger charge is 2.23. The minimum absolute atomic E-state index is 0.0932. The number of halogens is 1. The first-order valence-corrected chi connectivity index (χ1v) is 7.02. The van der Waals surface area contributed by atoms with Gasteiger partial charge in [-0.25, -0.2) is 4.68 Å². The molecule has 1 atom stereocenters. The third-order valence-corrected chi connectivity index (χ3v) is 3.93. The van der Waals surface area contributed by atoms with E-state index in [1.54, 1.807) is 12.3 Å². The Morgan fingerprint density at radius 3 is 2.89 bits per heavy atom. The molecule has 1 aromatic rings. The number of rotatable bonds is 7. The average Bonchev–Trinajstić information content (AvgIpc) is 2.39. The van der Waals surface area contributed by atoms with E-state index in [2.05, 4.69) is 32.9 Å². The molecule has 0 saturated heterocycles. The molecule has 0 aromatic carbocycles. The van der Waals surface area contributed by atoms with Crippen LogP contribution in [0.3, 0.4) is 0 Å². The average molecular weight is 330 g/mol. The molecule has 1 aromatic heterocycles. The number of hydrogen-bond donors (Lipinski definition) is 2. The van der Waals surface area contributed by atoms with Crippen LogP contribution >= 0.6 is 15.9 Å². The van der Waals surface area contributed by atoms with Crippen LogP contribution in [0.2, 0.25) is 0 Å². The Morgan fingerprint density at radius 1 is 1.68 bits per heavy atom. The topological polar surface area (TPSA) is 67.2 Å². The monoisotopic (exact) mass is 329 g/mol. The largest absolute Gasteiger partial charge is 0.396 e. The quantitative estimate of drug-likeness (QED) is 0.752. The van der Waals surface area contributed by atoms with Crippen LogP contribution in [-0.4, -0.2) is 27.0 Å². The molecular weight excluding hydrogens is 310 g/mol. The van der Waals surface area contributed by atoms with Crippen LogP contribution in [0.25, 0.3) is 0 Å². The van der Waals surface area contributed by atoms with E-state index in [9.17, 15) is 4.79 Å². The molecule has 0 aliphatic carbocycles. The molecule has 0 saturated carbocycles. The van der Waals surface area contributed by atoms with Gasteiger partial charge in [-0.3, -0.25) is 4.79 Å². The zero-order chi connectivity index (χ0) is 14.5. The first-order valence-electron chi connectivity index (χ1n) is 6.23. The summed E-state index contributed by atoms with van der Waals surface area (Å²) in [5.74, 6) is 0. The Labute approximate surface area is 121 Å². The van der Waals surface area contributed by atoms with E-state index in [1.807, 2.05) is 13.8 Å². The van der Waals surface area contributed by atoms with E-state index in [4.69, 9.17) is 5.11 Å². The fourth-order valence-electron chi connectivity index (χ4n) is 1.70. The molecule has 0 aliphatic heterocycles. The molecule has 0 spiro atoms. The molecule has 0 radical (unpaired) electrons. The second-order valence-corrected chi connectivity index (χ2v) is 5.45. The van der Waals surface area contributed by atoms with Crippen LogP contribution in [0.15, 0.2) is 28.1 Å². The third-order valence-electron chi connectivity index (χ3n) is 3.17. The van der Waals surface area contributed by atoms with Crippen LogP contribution in [0.4, 0.5) is 5.69 Å². The Bertz CT molecular complexity index is 501. The maximum absolute atomic E-state index is 12.0. The smallest absolute Gasteiger partial charge is 0.283 e. The normalized spacial score (nSPS) is 13.9. The molecule has 0 amide bonds. The van der Waals surface area contributed by atoms with Gasteiger partial charge in [-0.1, -0.05) is 13.0 Å². The van der Waals surface area contributed by atoms with Crippen molar-refractivity contribution in [2.75, 3.05) is 11.9 Å². The lowest BCUT2D eigenvalue weighted by Crippen LogP contribution is -2.36. The van der Waals surface area contributed by atoms with Crippen LogP contribution < -0.4 is 10.9 Å². The van der Waals surface area contributed by atoms with Gasteiger partial charge in [0.15, 0.2) is 0 Å². The second kappa shape index (κ2) is 6.86. The fraction of sp³-hybridized carbons (Fsp3) is 0.538. The summed E-state index contributed by atoms with van der Waals surface area (Å²) in [6, 6.07) is 0. The lowest BCUT2D eigenvalue weighted by Gasteiger charge is -2.30. The molecule has 6 heteroatoms. The summed E-state index contributed by atoms with van der Waals surface area (Å²) in [4.78, 5) is 12.0. The van der Waals surface area contributed by atoms with Gasteiger partial charge in [-0.05, 0) is 35.7 Å². The second-order valence-electron chi connectivity index (χ2n) is 4.66. The minimum atomic E-state index is -0.268. The van der Waals surface area contributed by atoms with E-state index in [0.717, 1.165) is 6.42 Å². The molecule has 2 N–H and O–H groups in total. The van der Waals surface area contributed by atoms with Gasteiger partial charge < -0.3 is 10.4 Å². The molecule has 1 unspecified atom stereocenters. The number of allylic oxidation sites excluding steroid dienone is 1. The maximum atomic E-state index is 12.0. The highest BCUT2D eigenvalue weighted by molar-refractivity contribution is 9.10. The lowest BCUT2D eigenvalue weighted by molar-refractivity contribution is 0.252. The van der Waals surface area contributed by atoms with Crippen molar-refractivity contribution in [3.8, 4) is 0 Å². The van der Waals surface area contributed by atoms with Crippen LogP contribution in [0.1, 0.15) is 26.7 Å². The van der Waals surface area contributed by atoms with Crippen LogP contribution in [0.5, 0.6) is 0 Å². The van der Waals surface area contributed by atoms with Crippen molar-refractivity contribution >= 4 is 21.6 Å². The van der Waals surface area contributed by atoms with Crippen molar-refractivity contribution in [3.63, 3.8) is 0 Å². The molecule has 0 bridgehead atoms. The van der Waals surface area contributed by atoms with Gasteiger partial charge in [0.1, 0.15) is 4.47 Å². The Balaban J connectivity index is 3.06. The standard InChI is InChI=1S/C13H20BrN3O2/c1-4-7-17-12(19)11(14)10(9-15-17)16-13(3,5-2)6-8-18/h4,9,16,18H,1,5-8H2,2-3H3. The molecule has 1 rings (SSSR count). The van der Waals surface area contributed by atoms with E-state index >= 15 is 0 Å². The van der Waals surface area contributed by atoms with Gasteiger partial charge >= 0.3 is 0 Å². The van der Waals surface area contributed by atoms with Gasteiger partial charge in [-0.15, -0.1) is 6.58 Å². The predicted octanol–water partition coefficient (Wildman–Crippen LogP) is 2.15. The number of hydrogen-bond acceptors (Lipinski definition) is 4. The first-order chi connectivity index (χ1) is 8.97. The number of anilines is 1. The van der Waals surface area contributed by atoms with Gasteiger partial charge in [0.25, 0.3) is 5.56 Å². The van der Waals surface area contributed by atoms with Gasteiger partial charge in [0.05, 0.1) is 18.4 Å². The molecule has 19 heavy (non-hydrogen) atoms. The molecular formula is C13H20BrN3O2. The summed E-state index contributed by atoms with van der Waals surface area (Å²) in [5, 5.41) is 16.5. The van der Waals surface area contributed by atoms with E-state index in [-0.39, 0.29) is 17.7 Å². The number of nitrogens with zero attached hydrogens (tertiary/aromatic N) is 2. The van der Waals surface area contributed by atoms with Crippen molar-refractivity contribution < 1.29 is 5.11 Å². The van der Waals surface area contributed by atoms with E-state index in [1.165, 1.54) is 4.68 Å². The van der Waals surface area contributed by atoms with Crippen molar-refractivity contribution in [1.29, 1.82) is 0 Å². The van der Waals surface area contributed by atoms with Crippen molar-refractivity contribution in [2.45, 2.75) is 38.8 Å². The van der Waals surface area contributed by atoms with Crippen LogP contribution in [-0.2, 0) is 6.54 Å². The number of aromatic nitrogens is 2. The Morgan fingerprint density at radius 2 is 2.37 bits per heavy atom. The molecule has 0 fully saturated rings. The highest BCUT2D eigenvalue weighted by Crippen LogP contribution is 2.25. The van der Waals surface area contributed by atoms with Crippen molar-refractivity contribution in [2.24, 2.45) is 0 Å². The predicted molar refractivity (Wildman–Crippen MR) is 80.4 cm³/mol. The van der Waals surface area contributed by atoms with Crippen molar-refractivity contribution in [3.05, 3.63) is 33.7 Å². The Kier molecular flexibility index (Phi) is 5.75. The SMILES string of the molecule is C=CCn1ncc(NC(C)(CC)CCO)c(Br)c1=O. The number of aliphatic hydroxyl groups excluding tert-OH is 1. The third kappa shape index (κ3) is 3.91. The minimum Gasteiger partial charge on any atom is -0.396 e. The first kappa shape index (κ1) is 15.9. The van der Waals surface area contributed by atoms with Gasteiger partial charge in [0.2, 0.25) is 0 Å². The summed E-state index contributed by atoms with van der Waals surface area (Å²) < 4.78 is 1.78. The number of aliphatic hydroxyl groups is 1. The number of nitrogens with one attached hydrogen (secondary N) is 1. The Hall–Kier alpha value is -1.14. The summed E-state index contributed by atoms with van der Waals surface area (Å²) in [6.07, 6.45) is 4.66. The molecule has 106 valence electrons. The van der Waals surface area contributed by atoms with Crippen molar-refractivity contribution in [1.82, 2.24) is 9.78 Å². The van der Waals surface area contributed by atoms with Gasteiger partial charge in [-0.2, -0.15) is 5.10 Å². The lowest BCUT2D eigenvalue weighted by atomic mass is 9.95. The maximum Gasteiger partial charge on any atom is 0.283 e. The summed E-state index contributed by atoms with van der Waals surface area (Å²) in [7, 11) is 0. The zero-order valence-electron chi connectivity index (χ0n) is 11.3. The van der Waals surface area contributed by atoms with Crippen LogP contribution in [0, 0.1) is 0 Å². The van der Waals surface area contributed by atoms with E-state index in [0.29, 0.717) is 23.1 Å². The van der Waals surface area contributed by atoms with Gasteiger partial charge in [0, 0.05) is 12.1 Å². The van der Waals surface area contributed by atoms with E-state index < -0.39 is 0 Å².